The van der Waals surface area contributed by atoms with E-state index >= 15 is 0 Å². The van der Waals surface area contributed by atoms with Gasteiger partial charge in [-0.2, -0.15) is 4.31 Å². The molecule has 3 rings (SSSR count). The lowest BCUT2D eigenvalue weighted by atomic mass is 10.2. The van der Waals surface area contributed by atoms with Gasteiger partial charge in [-0.25, -0.2) is 8.42 Å². The number of carbonyl (C=O) groups excluding carboxylic acids is 1. The minimum Gasteiger partial charge on any atom is -0.379 e. The third-order valence-corrected chi connectivity index (χ3v) is 5.90. The summed E-state index contributed by atoms with van der Waals surface area (Å²) in [4.78, 5) is 16.6. The summed E-state index contributed by atoms with van der Waals surface area (Å²) < 4.78 is 32.0. The number of hydrogen-bond acceptors (Lipinski definition) is 6. The molecule has 1 fully saturated rings. The smallest absolute Gasteiger partial charge is 0.269 e. The number of pyridine rings is 1. The van der Waals surface area contributed by atoms with Gasteiger partial charge in [0.2, 0.25) is 10.0 Å². The highest BCUT2D eigenvalue weighted by Crippen LogP contribution is 2.18. The molecule has 0 aliphatic carbocycles. The molecule has 1 amide bonds. The lowest BCUT2D eigenvalue weighted by Gasteiger charge is -2.26. The molecule has 0 spiro atoms. The fourth-order valence-electron chi connectivity index (χ4n) is 2.54. The van der Waals surface area contributed by atoms with Crippen LogP contribution < -0.4 is 10.9 Å². The predicted molar refractivity (Wildman–Crippen MR) is 99.9 cm³/mol. The van der Waals surface area contributed by atoms with Crippen LogP contribution in [-0.4, -0.2) is 49.9 Å². The largest absolute Gasteiger partial charge is 0.379 e. The lowest BCUT2D eigenvalue weighted by Crippen LogP contribution is -2.40. The number of sulfonamides is 1. The molecule has 0 saturated carbocycles. The maximum Gasteiger partial charge on any atom is 0.269 e. The van der Waals surface area contributed by atoms with Crippen LogP contribution in [0.5, 0.6) is 0 Å². The van der Waals surface area contributed by atoms with Crippen LogP contribution in [0.25, 0.3) is 5.70 Å². The minimum absolute atomic E-state index is 0.0700. The van der Waals surface area contributed by atoms with Crippen molar-refractivity contribution in [1.82, 2.24) is 20.1 Å². The van der Waals surface area contributed by atoms with Gasteiger partial charge in [-0.05, 0) is 30.3 Å². The number of nitrogens with zero attached hydrogens (tertiary/aromatic N) is 2. The Bertz CT molecular complexity index is 925. The van der Waals surface area contributed by atoms with Gasteiger partial charge >= 0.3 is 0 Å². The van der Waals surface area contributed by atoms with Crippen LogP contribution >= 0.6 is 0 Å². The molecule has 2 N–H and O–H groups in total. The van der Waals surface area contributed by atoms with E-state index in [2.05, 4.69) is 22.4 Å². The van der Waals surface area contributed by atoms with Gasteiger partial charge in [-0.3, -0.25) is 20.6 Å². The highest BCUT2D eigenvalue weighted by molar-refractivity contribution is 7.89. The molecule has 1 aromatic carbocycles. The van der Waals surface area contributed by atoms with Gasteiger partial charge in [0.15, 0.2) is 0 Å². The zero-order chi connectivity index (χ0) is 19.3. The van der Waals surface area contributed by atoms with Crippen molar-refractivity contribution in [3.63, 3.8) is 0 Å². The summed E-state index contributed by atoms with van der Waals surface area (Å²) >= 11 is 0. The summed E-state index contributed by atoms with van der Waals surface area (Å²) in [5, 5.41) is 0. The standard InChI is InChI=1S/C18H20N4O4S/c1-14(17-7-2-3-8-19-17)20-21-18(23)15-5-4-6-16(13-15)27(24,25)22-9-11-26-12-10-22/h2-8,13,20H,1,9-12H2,(H,21,23). The molecule has 1 saturated heterocycles. The Morgan fingerprint density at radius 3 is 2.59 bits per heavy atom. The number of morpholine rings is 1. The SMILES string of the molecule is C=C(NNC(=O)c1cccc(S(=O)(=O)N2CCOCC2)c1)c1ccccn1. The van der Waals surface area contributed by atoms with Crippen molar-refractivity contribution in [1.29, 1.82) is 0 Å². The molecule has 0 radical (unpaired) electrons. The highest BCUT2D eigenvalue weighted by atomic mass is 32.2. The van der Waals surface area contributed by atoms with E-state index in [1.54, 1.807) is 30.5 Å². The summed E-state index contributed by atoms with van der Waals surface area (Å²) in [6, 6.07) is 11.2. The third-order valence-electron chi connectivity index (χ3n) is 4.01. The second-order valence-electron chi connectivity index (χ2n) is 5.82. The van der Waals surface area contributed by atoms with E-state index in [9.17, 15) is 13.2 Å². The second-order valence-corrected chi connectivity index (χ2v) is 7.75. The van der Waals surface area contributed by atoms with E-state index < -0.39 is 15.9 Å². The molecule has 9 heteroatoms. The van der Waals surface area contributed by atoms with Crippen LogP contribution in [0, 0.1) is 0 Å². The average molecular weight is 388 g/mol. The molecule has 0 bridgehead atoms. The van der Waals surface area contributed by atoms with Crippen molar-refractivity contribution in [2.24, 2.45) is 0 Å². The zero-order valence-electron chi connectivity index (χ0n) is 14.6. The van der Waals surface area contributed by atoms with E-state index in [-0.39, 0.29) is 10.5 Å². The molecule has 27 heavy (non-hydrogen) atoms. The van der Waals surface area contributed by atoms with Crippen molar-refractivity contribution in [2.75, 3.05) is 26.3 Å². The maximum atomic E-state index is 12.7. The van der Waals surface area contributed by atoms with Gasteiger partial charge in [-0.15, -0.1) is 0 Å². The summed E-state index contributed by atoms with van der Waals surface area (Å²) in [5.41, 5.74) is 6.40. The lowest BCUT2D eigenvalue weighted by molar-refractivity contribution is 0.0730. The van der Waals surface area contributed by atoms with E-state index in [4.69, 9.17) is 4.74 Å². The first-order valence-electron chi connectivity index (χ1n) is 8.33. The average Bonchev–Trinajstić information content (AvgIpc) is 2.73. The number of benzene rings is 1. The number of aromatic nitrogens is 1. The van der Waals surface area contributed by atoms with Gasteiger partial charge in [0.1, 0.15) is 0 Å². The zero-order valence-corrected chi connectivity index (χ0v) is 15.4. The summed E-state index contributed by atoms with van der Waals surface area (Å²) in [5.74, 6) is -0.480. The molecule has 1 aromatic heterocycles. The summed E-state index contributed by atoms with van der Waals surface area (Å²) in [6.07, 6.45) is 1.62. The van der Waals surface area contributed by atoms with Crippen molar-refractivity contribution in [2.45, 2.75) is 4.90 Å². The molecule has 0 atom stereocenters. The Balaban J connectivity index is 1.69. The third kappa shape index (κ3) is 4.51. The monoisotopic (exact) mass is 388 g/mol. The van der Waals surface area contributed by atoms with Crippen LogP contribution in [0.1, 0.15) is 16.1 Å². The second kappa shape index (κ2) is 8.30. The van der Waals surface area contributed by atoms with Crippen LogP contribution in [0.3, 0.4) is 0 Å². The van der Waals surface area contributed by atoms with Gasteiger partial charge in [0, 0.05) is 24.8 Å². The summed E-state index contributed by atoms with van der Waals surface area (Å²) in [6.45, 7) is 5.12. The molecule has 8 nitrogen and oxygen atoms in total. The molecule has 2 heterocycles. The summed E-state index contributed by atoms with van der Waals surface area (Å²) in [7, 11) is -3.67. The number of hydrogen-bond donors (Lipinski definition) is 2. The van der Waals surface area contributed by atoms with Crippen LogP contribution in [0.4, 0.5) is 0 Å². The van der Waals surface area contributed by atoms with Gasteiger partial charge in [0.05, 0.1) is 29.5 Å². The number of amides is 1. The van der Waals surface area contributed by atoms with Crippen LogP contribution in [0.2, 0.25) is 0 Å². The Morgan fingerprint density at radius 1 is 1.11 bits per heavy atom. The molecule has 142 valence electrons. The Hall–Kier alpha value is -2.75. The highest BCUT2D eigenvalue weighted by Gasteiger charge is 2.26. The molecule has 1 aliphatic heterocycles. The molecule has 2 aromatic rings. The molecule has 0 unspecified atom stereocenters. The number of ether oxygens (including phenoxy) is 1. The van der Waals surface area contributed by atoms with Crippen molar-refractivity contribution >= 4 is 21.6 Å². The quantitative estimate of drug-likeness (QED) is 0.717. The fourth-order valence-corrected chi connectivity index (χ4v) is 4.00. The minimum atomic E-state index is -3.67. The predicted octanol–water partition coefficient (Wildman–Crippen LogP) is 1.01. The van der Waals surface area contributed by atoms with E-state index in [1.165, 1.54) is 22.5 Å². The van der Waals surface area contributed by atoms with E-state index in [0.717, 1.165) is 0 Å². The maximum absolute atomic E-state index is 12.7. The Morgan fingerprint density at radius 2 is 1.89 bits per heavy atom. The number of hydrazine groups is 1. The van der Waals surface area contributed by atoms with E-state index in [1.807, 2.05) is 0 Å². The number of rotatable bonds is 6. The molecule has 1 aliphatic rings. The van der Waals surface area contributed by atoms with Crippen molar-refractivity contribution in [3.05, 3.63) is 66.5 Å². The van der Waals surface area contributed by atoms with Crippen LogP contribution in [0.15, 0.2) is 60.1 Å². The fraction of sp³-hybridized carbons (Fsp3) is 0.222. The van der Waals surface area contributed by atoms with Gasteiger partial charge in [-0.1, -0.05) is 18.7 Å². The number of nitrogens with one attached hydrogen (secondary N) is 2. The first-order valence-corrected chi connectivity index (χ1v) is 9.77. The Kier molecular flexibility index (Phi) is 5.84. The van der Waals surface area contributed by atoms with Crippen LogP contribution in [-0.2, 0) is 14.8 Å². The first kappa shape index (κ1) is 19.0. The Labute approximate surface area is 157 Å². The van der Waals surface area contributed by atoms with Gasteiger partial charge in [0.25, 0.3) is 5.91 Å². The molecular weight excluding hydrogens is 368 g/mol. The number of carbonyl (C=O) groups is 1. The molecular formula is C18H20N4O4S. The van der Waals surface area contributed by atoms with E-state index in [0.29, 0.717) is 37.7 Å². The van der Waals surface area contributed by atoms with Gasteiger partial charge < -0.3 is 4.74 Å². The normalized spacial score (nSPS) is 15.1. The topological polar surface area (TPSA) is 101 Å². The van der Waals surface area contributed by atoms with Crippen molar-refractivity contribution < 1.29 is 17.9 Å². The van der Waals surface area contributed by atoms with Crippen molar-refractivity contribution in [3.8, 4) is 0 Å². The first-order chi connectivity index (χ1) is 13.0.